The molecule has 25 heavy (non-hydrogen) atoms. The van der Waals surface area contributed by atoms with Gasteiger partial charge in [0.1, 0.15) is 0 Å². The second kappa shape index (κ2) is 7.37. The van der Waals surface area contributed by atoms with Gasteiger partial charge in [-0.2, -0.15) is 13.2 Å². The summed E-state index contributed by atoms with van der Waals surface area (Å²) in [5.74, 6) is -0.161. The van der Waals surface area contributed by atoms with E-state index in [-0.39, 0.29) is 23.0 Å². The van der Waals surface area contributed by atoms with Crippen LogP contribution >= 0.6 is 15.9 Å². The van der Waals surface area contributed by atoms with Crippen molar-refractivity contribution in [3.05, 3.63) is 58.6 Å². The van der Waals surface area contributed by atoms with Gasteiger partial charge >= 0.3 is 6.18 Å². The fourth-order valence-electron chi connectivity index (χ4n) is 2.32. The van der Waals surface area contributed by atoms with Gasteiger partial charge in [-0.25, -0.2) is 8.42 Å². The highest BCUT2D eigenvalue weighted by Crippen LogP contribution is 2.38. The molecule has 0 N–H and O–H groups in total. The van der Waals surface area contributed by atoms with Crippen LogP contribution in [0.15, 0.2) is 57.9 Å². The molecule has 0 aromatic heterocycles. The van der Waals surface area contributed by atoms with Crippen LogP contribution in [0.1, 0.15) is 19.4 Å². The number of benzene rings is 2. The number of hydrogen-bond donors (Lipinski definition) is 0. The Morgan fingerprint density at radius 3 is 2.12 bits per heavy atom. The molecule has 0 spiro atoms. The molecule has 8 heteroatoms. The largest absolute Gasteiger partial charge is 0.418 e. The van der Waals surface area contributed by atoms with Crippen molar-refractivity contribution in [2.45, 2.75) is 24.9 Å². The zero-order valence-corrected chi connectivity index (χ0v) is 16.0. The summed E-state index contributed by atoms with van der Waals surface area (Å²) in [6.07, 6.45) is -4.65. The minimum absolute atomic E-state index is 0.0617. The van der Waals surface area contributed by atoms with E-state index < -0.39 is 21.8 Å². The average Bonchev–Trinajstić information content (AvgIpc) is 2.52. The molecular weight excluding hydrogens is 419 g/mol. The van der Waals surface area contributed by atoms with Gasteiger partial charge in [0.25, 0.3) is 10.0 Å². The number of halogens is 4. The number of sulfonamides is 1. The lowest BCUT2D eigenvalue weighted by Gasteiger charge is -2.28. The molecule has 0 amide bonds. The topological polar surface area (TPSA) is 37.4 Å². The molecule has 0 heterocycles. The number of nitrogens with zero attached hydrogens (tertiary/aromatic N) is 1. The van der Waals surface area contributed by atoms with Crippen molar-refractivity contribution < 1.29 is 21.6 Å². The third kappa shape index (κ3) is 4.55. The Morgan fingerprint density at radius 2 is 1.60 bits per heavy atom. The molecule has 0 aliphatic heterocycles. The predicted molar refractivity (Wildman–Crippen MR) is 95.0 cm³/mol. The van der Waals surface area contributed by atoms with E-state index in [1.165, 1.54) is 42.5 Å². The summed E-state index contributed by atoms with van der Waals surface area (Å²) < 4.78 is 67.6. The van der Waals surface area contributed by atoms with Crippen LogP contribution in [0.2, 0.25) is 0 Å². The van der Waals surface area contributed by atoms with Crippen LogP contribution in [0.5, 0.6) is 0 Å². The highest BCUT2D eigenvalue weighted by atomic mass is 79.9. The van der Waals surface area contributed by atoms with Crippen LogP contribution < -0.4 is 4.31 Å². The van der Waals surface area contributed by atoms with Crippen LogP contribution in [0.4, 0.5) is 18.9 Å². The van der Waals surface area contributed by atoms with Crippen molar-refractivity contribution in [3.8, 4) is 0 Å². The van der Waals surface area contributed by atoms with E-state index in [0.29, 0.717) is 4.47 Å². The first-order valence-electron chi connectivity index (χ1n) is 7.48. The normalized spacial score (nSPS) is 12.4. The smallest absolute Gasteiger partial charge is 0.265 e. The lowest BCUT2D eigenvalue weighted by molar-refractivity contribution is -0.137. The van der Waals surface area contributed by atoms with Crippen molar-refractivity contribution in [2.75, 3.05) is 10.8 Å². The summed E-state index contributed by atoms with van der Waals surface area (Å²) in [7, 11) is -4.14. The minimum atomic E-state index is -4.65. The van der Waals surface area contributed by atoms with Gasteiger partial charge in [-0.05, 0) is 42.3 Å². The Bertz CT molecular complexity index is 834. The molecule has 2 rings (SSSR count). The first kappa shape index (κ1) is 19.8. The second-order valence-electron chi connectivity index (χ2n) is 5.90. The lowest BCUT2D eigenvalue weighted by Crippen LogP contribution is -2.35. The summed E-state index contributed by atoms with van der Waals surface area (Å²) in [6, 6.07) is 10.5. The number of rotatable bonds is 5. The minimum Gasteiger partial charge on any atom is -0.265 e. The van der Waals surface area contributed by atoms with Gasteiger partial charge in [-0.15, -0.1) is 0 Å². The van der Waals surface area contributed by atoms with E-state index in [4.69, 9.17) is 0 Å². The summed E-state index contributed by atoms with van der Waals surface area (Å²) in [6.45, 7) is 3.44. The lowest BCUT2D eigenvalue weighted by atomic mass is 10.1. The molecule has 3 nitrogen and oxygen atoms in total. The summed E-state index contributed by atoms with van der Waals surface area (Å²) >= 11 is 3.21. The summed E-state index contributed by atoms with van der Waals surface area (Å²) in [4.78, 5) is -0.0617. The van der Waals surface area contributed by atoms with E-state index in [9.17, 15) is 21.6 Å². The van der Waals surface area contributed by atoms with Crippen molar-refractivity contribution >= 4 is 31.6 Å². The standard InChI is InChI=1S/C17H17BrF3NO2S/c1-12(2)11-22(16-6-4-3-5-15(16)17(19,20)21)25(23,24)14-9-7-13(18)8-10-14/h3-10,12H,11H2,1-2H3. The summed E-state index contributed by atoms with van der Waals surface area (Å²) in [5.41, 5.74) is -1.34. The molecule has 0 saturated heterocycles. The maximum atomic E-state index is 13.4. The van der Waals surface area contributed by atoms with Gasteiger partial charge in [0, 0.05) is 11.0 Å². The SMILES string of the molecule is CC(C)CN(c1ccccc1C(F)(F)F)S(=O)(=O)c1ccc(Br)cc1. The van der Waals surface area contributed by atoms with E-state index in [2.05, 4.69) is 15.9 Å². The maximum absolute atomic E-state index is 13.4. The third-order valence-electron chi connectivity index (χ3n) is 3.41. The molecule has 0 atom stereocenters. The van der Waals surface area contributed by atoms with Crippen molar-refractivity contribution in [2.24, 2.45) is 5.92 Å². The van der Waals surface area contributed by atoms with Gasteiger partial charge in [-0.3, -0.25) is 4.31 Å². The van der Waals surface area contributed by atoms with E-state index in [1.54, 1.807) is 13.8 Å². The molecule has 0 fully saturated rings. The van der Waals surface area contributed by atoms with E-state index in [0.717, 1.165) is 10.4 Å². The fraction of sp³-hybridized carbons (Fsp3) is 0.294. The van der Waals surface area contributed by atoms with Crippen LogP contribution in [-0.4, -0.2) is 15.0 Å². The quantitative estimate of drug-likeness (QED) is 0.637. The summed E-state index contributed by atoms with van der Waals surface area (Å²) in [5, 5.41) is 0. The third-order valence-corrected chi connectivity index (χ3v) is 5.73. The maximum Gasteiger partial charge on any atom is 0.418 e. The predicted octanol–water partition coefficient (Wildman–Crippen LogP) is 5.32. The molecule has 0 radical (unpaired) electrons. The van der Waals surface area contributed by atoms with Gasteiger partial charge in [-0.1, -0.05) is 41.9 Å². The molecule has 0 aliphatic carbocycles. The highest BCUT2D eigenvalue weighted by molar-refractivity contribution is 9.10. The number of anilines is 1. The Morgan fingerprint density at radius 1 is 1.04 bits per heavy atom. The molecule has 136 valence electrons. The monoisotopic (exact) mass is 435 g/mol. The zero-order chi connectivity index (χ0) is 18.8. The number of hydrogen-bond acceptors (Lipinski definition) is 2. The Labute approximate surface area is 153 Å². The van der Waals surface area contributed by atoms with Crippen LogP contribution in [0.25, 0.3) is 0 Å². The number of alkyl halides is 3. The van der Waals surface area contributed by atoms with Gasteiger partial charge in [0.15, 0.2) is 0 Å². The first-order chi connectivity index (χ1) is 11.5. The van der Waals surface area contributed by atoms with Crippen molar-refractivity contribution in [3.63, 3.8) is 0 Å². The van der Waals surface area contributed by atoms with E-state index >= 15 is 0 Å². The van der Waals surface area contributed by atoms with Crippen molar-refractivity contribution in [1.82, 2.24) is 0 Å². The second-order valence-corrected chi connectivity index (χ2v) is 8.68. The van der Waals surface area contributed by atoms with Crippen LogP contribution in [0.3, 0.4) is 0 Å². The van der Waals surface area contributed by atoms with Crippen LogP contribution in [-0.2, 0) is 16.2 Å². The molecule has 2 aromatic carbocycles. The first-order valence-corrected chi connectivity index (χ1v) is 9.71. The molecule has 0 saturated carbocycles. The highest BCUT2D eigenvalue weighted by Gasteiger charge is 2.37. The molecule has 2 aromatic rings. The van der Waals surface area contributed by atoms with Gasteiger partial charge < -0.3 is 0 Å². The van der Waals surface area contributed by atoms with E-state index in [1.807, 2.05) is 0 Å². The molecule has 0 bridgehead atoms. The Kier molecular flexibility index (Phi) is 5.83. The van der Waals surface area contributed by atoms with Crippen LogP contribution in [0, 0.1) is 5.92 Å². The average molecular weight is 436 g/mol. The fourth-order valence-corrected chi connectivity index (χ4v) is 4.23. The van der Waals surface area contributed by atoms with Crippen molar-refractivity contribution in [1.29, 1.82) is 0 Å². The van der Waals surface area contributed by atoms with Gasteiger partial charge in [0.2, 0.25) is 0 Å². The molecular formula is C17H17BrF3NO2S. The van der Waals surface area contributed by atoms with Gasteiger partial charge in [0.05, 0.1) is 16.1 Å². The Hall–Kier alpha value is -1.54. The zero-order valence-electron chi connectivity index (χ0n) is 13.6. The Balaban J connectivity index is 2.64. The molecule has 0 aliphatic rings. The number of para-hydroxylation sites is 1. The molecule has 0 unspecified atom stereocenters.